The predicted octanol–water partition coefficient (Wildman–Crippen LogP) is 4.55. The summed E-state index contributed by atoms with van der Waals surface area (Å²) in [5.41, 5.74) is 6.91. The third-order valence-electron chi connectivity index (χ3n) is 4.32. The second-order valence-corrected chi connectivity index (χ2v) is 7.10. The van der Waals surface area contributed by atoms with Crippen LogP contribution in [0.5, 0.6) is 11.5 Å². The Labute approximate surface area is 180 Å². The average molecular weight is 424 g/mol. The fourth-order valence-corrected chi connectivity index (χ4v) is 3.16. The van der Waals surface area contributed by atoms with Crippen LogP contribution in [0.25, 0.3) is 0 Å². The highest BCUT2D eigenvalue weighted by molar-refractivity contribution is 6.30. The number of nitrogens with two attached hydrogens (primary N) is 1. The van der Waals surface area contributed by atoms with Crippen molar-refractivity contribution in [1.82, 2.24) is 10.6 Å². The first-order valence-electron chi connectivity index (χ1n) is 9.39. The van der Waals surface area contributed by atoms with Crippen LogP contribution in [0.2, 0.25) is 5.02 Å². The molecule has 3 aromatic rings. The Kier molecular flexibility index (Phi) is 7.29. The lowest BCUT2D eigenvalue weighted by Gasteiger charge is -2.19. The van der Waals surface area contributed by atoms with Gasteiger partial charge in [-0.3, -0.25) is 4.79 Å². The zero-order valence-corrected chi connectivity index (χ0v) is 16.9. The highest BCUT2D eigenvalue weighted by Crippen LogP contribution is 2.26. The number of benzene rings is 3. The molecule has 0 saturated carbocycles. The molecule has 0 aliphatic rings. The van der Waals surface area contributed by atoms with Gasteiger partial charge < -0.3 is 21.1 Å². The smallest absolute Gasteiger partial charge is 0.312 e. The van der Waals surface area contributed by atoms with Crippen molar-refractivity contribution in [3.8, 4) is 11.5 Å². The van der Waals surface area contributed by atoms with Crippen LogP contribution in [-0.4, -0.2) is 11.9 Å². The number of urea groups is 1. The Morgan fingerprint density at radius 3 is 2.40 bits per heavy atom. The van der Waals surface area contributed by atoms with Gasteiger partial charge in [0.15, 0.2) is 0 Å². The third kappa shape index (κ3) is 6.53. The summed E-state index contributed by atoms with van der Waals surface area (Å²) >= 11 is 5.97. The number of para-hydroxylation sites is 1. The Morgan fingerprint density at radius 2 is 1.67 bits per heavy atom. The maximum absolute atomic E-state index is 12.5. The topological polar surface area (TPSA) is 93.5 Å². The number of hydrogen-bond acceptors (Lipinski definition) is 3. The van der Waals surface area contributed by atoms with Gasteiger partial charge >= 0.3 is 6.03 Å². The van der Waals surface area contributed by atoms with E-state index in [0.29, 0.717) is 28.6 Å². The van der Waals surface area contributed by atoms with E-state index in [4.69, 9.17) is 22.1 Å². The van der Waals surface area contributed by atoms with Gasteiger partial charge in [0.2, 0.25) is 5.91 Å². The molecule has 3 rings (SSSR count). The van der Waals surface area contributed by atoms with E-state index in [0.717, 1.165) is 5.56 Å². The van der Waals surface area contributed by atoms with Crippen molar-refractivity contribution in [2.45, 2.75) is 19.0 Å². The minimum absolute atomic E-state index is 0.0261. The molecule has 0 unspecified atom stereocenters. The number of rotatable bonds is 8. The van der Waals surface area contributed by atoms with E-state index >= 15 is 0 Å². The molecule has 3 aromatic carbocycles. The summed E-state index contributed by atoms with van der Waals surface area (Å²) < 4.78 is 5.84. The predicted molar refractivity (Wildman–Crippen MR) is 116 cm³/mol. The number of primary amides is 1. The van der Waals surface area contributed by atoms with E-state index in [1.165, 1.54) is 0 Å². The zero-order chi connectivity index (χ0) is 21.3. The first-order chi connectivity index (χ1) is 14.5. The molecule has 0 bridgehead atoms. The summed E-state index contributed by atoms with van der Waals surface area (Å²) in [6, 6.07) is 22.5. The number of halogens is 1. The Hall–Kier alpha value is -3.51. The molecule has 0 aliphatic heterocycles. The maximum Gasteiger partial charge on any atom is 0.312 e. The van der Waals surface area contributed by atoms with Crippen molar-refractivity contribution >= 4 is 23.5 Å². The van der Waals surface area contributed by atoms with Crippen LogP contribution in [0.4, 0.5) is 4.79 Å². The molecule has 0 radical (unpaired) electrons. The highest BCUT2D eigenvalue weighted by Gasteiger charge is 2.18. The Balaban J connectivity index is 1.68. The standard InChI is InChI=1S/C23H22ClN3O3/c24-18-8-4-6-16(12-18)15-26-22(28)14-21(27-23(25)29)17-7-5-11-20(13-17)30-19-9-2-1-3-10-19/h1-13,21H,14-15H2,(H,26,28)(H3,25,27,29)/t21-/m0/s1. The lowest BCUT2D eigenvalue weighted by Crippen LogP contribution is -2.36. The van der Waals surface area contributed by atoms with Crippen molar-refractivity contribution < 1.29 is 14.3 Å². The summed E-state index contributed by atoms with van der Waals surface area (Å²) in [7, 11) is 0. The average Bonchev–Trinajstić information content (AvgIpc) is 2.72. The van der Waals surface area contributed by atoms with E-state index < -0.39 is 12.1 Å². The fourth-order valence-electron chi connectivity index (χ4n) is 2.95. The fraction of sp³-hybridized carbons (Fsp3) is 0.130. The zero-order valence-electron chi connectivity index (χ0n) is 16.2. The van der Waals surface area contributed by atoms with E-state index in [2.05, 4.69) is 10.6 Å². The van der Waals surface area contributed by atoms with Crippen LogP contribution < -0.4 is 21.1 Å². The molecular formula is C23H22ClN3O3. The number of carbonyl (C=O) groups excluding carboxylic acids is 2. The summed E-state index contributed by atoms with van der Waals surface area (Å²) in [5.74, 6) is 1.05. The number of ether oxygens (including phenoxy) is 1. The monoisotopic (exact) mass is 423 g/mol. The molecule has 4 N–H and O–H groups in total. The third-order valence-corrected chi connectivity index (χ3v) is 4.56. The molecule has 3 amide bonds. The molecular weight excluding hydrogens is 402 g/mol. The molecule has 0 fully saturated rings. The van der Waals surface area contributed by atoms with Crippen LogP contribution in [0.3, 0.4) is 0 Å². The summed E-state index contributed by atoms with van der Waals surface area (Å²) in [5, 5.41) is 6.06. The van der Waals surface area contributed by atoms with Crippen molar-refractivity contribution in [3.63, 3.8) is 0 Å². The van der Waals surface area contributed by atoms with Crippen molar-refractivity contribution in [3.05, 3.63) is 95.0 Å². The molecule has 1 atom stereocenters. The van der Waals surface area contributed by atoms with Gasteiger partial charge in [0, 0.05) is 11.6 Å². The normalized spacial score (nSPS) is 11.4. The molecule has 0 aliphatic carbocycles. The minimum atomic E-state index is -0.711. The molecule has 6 nitrogen and oxygen atoms in total. The van der Waals surface area contributed by atoms with Gasteiger partial charge in [0.1, 0.15) is 11.5 Å². The second-order valence-electron chi connectivity index (χ2n) is 6.66. The molecule has 0 spiro atoms. The first-order valence-corrected chi connectivity index (χ1v) is 9.77. The first kappa shape index (κ1) is 21.2. The van der Waals surface area contributed by atoms with Gasteiger partial charge in [-0.25, -0.2) is 4.79 Å². The lowest BCUT2D eigenvalue weighted by molar-refractivity contribution is -0.121. The van der Waals surface area contributed by atoms with Crippen molar-refractivity contribution in [2.75, 3.05) is 0 Å². The van der Waals surface area contributed by atoms with Gasteiger partial charge in [-0.1, -0.05) is 54.1 Å². The van der Waals surface area contributed by atoms with Crippen molar-refractivity contribution in [1.29, 1.82) is 0 Å². The Bertz CT molecular complexity index is 1010. The van der Waals surface area contributed by atoms with Crippen LogP contribution in [0, 0.1) is 0 Å². The lowest BCUT2D eigenvalue weighted by atomic mass is 10.0. The molecule has 7 heteroatoms. The number of nitrogens with one attached hydrogen (secondary N) is 2. The van der Waals surface area contributed by atoms with Crippen LogP contribution in [-0.2, 0) is 11.3 Å². The number of amides is 3. The second kappa shape index (κ2) is 10.3. The van der Waals surface area contributed by atoms with Gasteiger partial charge in [-0.2, -0.15) is 0 Å². The minimum Gasteiger partial charge on any atom is -0.457 e. The Morgan fingerprint density at radius 1 is 0.933 bits per heavy atom. The van der Waals surface area contributed by atoms with Gasteiger partial charge in [-0.15, -0.1) is 0 Å². The number of carbonyl (C=O) groups is 2. The van der Waals surface area contributed by atoms with Gasteiger partial charge in [0.25, 0.3) is 0 Å². The van der Waals surface area contributed by atoms with Gasteiger partial charge in [0.05, 0.1) is 12.5 Å². The molecule has 30 heavy (non-hydrogen) atoms. The molecule has 0 saturated heterocycles. The van der Waals surface area contributed by atoms with Crippen molar-refractivity contribution in [2.24, 2.45) is 5.73 Å². The summed E-state index contributed by atoms with van der Waals surface area (Å²) in [6.07, 6.45) is 0.0261. The SMILES string of the molecule is NC(=O)N[C@@H](CC(=O)NCc1cccc(Cl)c1)c1cccc(Oc2ccccc2)c1. The van der Waals surface area contributed by atoms with E-state index in [1.54, 1.807) is 30.3 Å². The quantitative estimate of drug-likeness (QED) is 0.496. The van der Waals surface area contributed by atoms with Crippen LogP contribution >= 0.6 is 11.6 Å². The van der Waals surface area contributed by atoms with Crippen LogP contribution in [0.15, 0.2) is 78.9 Å². The largest absolute Gasteiger partial charge is 0.457 e. The maximum atomic E-state index is 12.5. The van der Waals surface area contributed by atoms with Gasteiger partial charge in [-0.05, 0) is 47.5 Å². The number of hydrogen-bond donors (Lipinski definition) is 3. The molecule has 0 heterocycles. The highest BCUT2D eigenvalue weighted by atomic mass is 35.5. The van der Waals surface area contributed by atoms with E-state index in [-0.39, 0.29) is 12.3 Å². The summed E-state index contributed by atoms with van der Waals surface area (Å²) in [4.78, 5) is 24.0. The van der Waals surface area contributed by atoms with E-state index in [9.17, 15) is 9.59 Å². The molecule has 0 aromatic heterocycles. The summed E-state index contributed by atoms with van der Waals surface area (Å²) in [6.45, 7) is 0.333. The van der Waals surface area contributed by atoms with Crippen LogP contribution in [0.1, 0.15) is 23.6 Å². The molecule has 154 valence electrons. The van der Waals surface area contributed by atoms with E-state index in [1.807, 2.05) is 48.5 Å².